The minimum absolute atomic E-state index is 0.516. The summed E-state index contributed by atoms with van der Waals surface area (Å²) >= 11 is 10.6. The molecular weight excluding hydrogens is 298 g/mol. The fourth-order valence-corrected chi connectivity index (χ4v) is 2.42. The summed E-state index contributed by atoms with van der Waals surface area (Å²) in [6, 6.07) is 7.52. The van der Waals surface area contributed by atoms with Gasteiger partial charge >= 0.3 is 0 Å². The number of hydrogen-bond acceptors (Lipinski definition) is 3. The van der Waals surface area contributed by atoms with Crippen molar-refractivity contribution in [3.05, 3.63) is 44.3 Å². The molecule has 0 saturated heterocycles. The molecule has 0 fully saturated rings. The van der Waals surface area contributed by atoms with E-state index in [9.17, 15) is 0 Å². The van der Waals surface area contributed by atoms with E-state index in [1.54, 1.807) is 6.20 Å². The van der Waals surface area contributed by atoms with Crippen LogP contribution in [0.2, 0.25) is 4.34 Å². The van der Waals surface area contributed by atoms with E-state index in [0.29, 0.717) is 11.2 Å². The van der Waals surface area contributed by atoms with Gasteiger partial charge in [-0.15, -0.1) is 11.3 Å². The molecule has 0 amide bonds. The van der Waals surface area contributed by atoms with Crippen molar-refractivity contribution in [2.45, 2.75) is 6.61 Å². The van der Waals surface area contributed by atoms with Gasteiger partial charge in [0.2, 0.25) is 0 Å². The highest BCUT2D eigenvalue weighted by Gasteiger charge is 2.02. The third kappa shape index (κ3) is 2.93. The van der Waals surface area contributed by atoms with Crippen LogP contribution in [0.25, 0.3) is 0 Å². The molecule has 0 aliphatic rings. The van der Waals surface area contributed by atoms with Crippen LogP contribution >= 0.6 is 38.9 Å². The molecule has 0 saturated carbocycles. The molecule has 2 aromatic heterocycles. The molecule has 0 unspecified atom stereocenters. The molecular formula is C10H7BrClNOS. The first-order valence-corrected chi connectivity index (χ1v) is 6.22. The van der Waals surface area contributed by atoms with Crippen molar-refractivity contribution in [3.8, 4) is 5.75 Å². The van der Waals surface area contributed by atoms with E-state index < -0.39 is 0 Å². The largest absolute Gasteiger partial charge is 0.485 e. The summed E-state index contributed by atoms with van der Waals surface area (Å²) in [5.41, 5.74) is 0. The molecule has 0 radical (unpaired) electrons. The number of thiophene rings is 1. The average molecular weight is 305 g/mol. The summed E-state index contributed by atoms with van der Waals surface area (Å²) < 4.78 is 7.07. The van der Waals surface area contributed by atoms with E-state index in [-0.39, 0.29) is 0 Å². The lowest BCUT2D eigenvalue weighted by molar-refractivity contribution is 0.306. The topological polar surface area (TPSA) is 22.1 Å². The van der Waals surface area contributed by atoms with Gasteiger partial charge in [0, 0.05) is 11.1 Å². The number of ether oxygens (including phenoxy) is 1. The minimum atomic E-state index is 0.516. The summed E-state index contributed by atoms with van der Waals surface area (Å²) in [5, 5.41) is 0. The molecule has 15 heavy (non-hydrogen) atoms. The molecule has 78 valence electrons. The van der Waals surface area contributed by atoms with Gasteiger partial charge in [0.15, 0.2) is 5.75 Å². The first kappa shape index (κ1) is 10.9. The van der Waals surface area contributed by atoms with Crippen LogP contribution in [-0.4, -0.2) is 4.98 Å². The molecule has 2 rings (SSSR count). The third-order valence-electron chi connectivity index (χ3n) is 1.72. The lowest BCUT2D eigenvalue weighted by atomic mass is 10.4. The Hall–Kier alpha value is -0.580. The van der Waals surface area contributed by atoms with Crippen LogP contribution in [0.5, 0.6) is 5.75 Å². The normalized spacial score (nSPS) is 10.3. The van der Waals surface area contributed by atoms with Crippen LogP contribution in [0.1, 0.15) is 4.88 Å². The molecule has 2 nitrogen and oxygen atoms in total. The molecule has 0 aliphatic heterocycles. The third-order valence-corrected chi connectivity index (χ3v) is 3.52. The minimum Gasteiger partial charge on any atom is -0.485 e. The molecule has 0 spiro atoms. The van der Waals surface area contributed by atoms with E-state index in [0.717, 1.165) is 15.0 Å². The van der Waals surface area contributed by atoms with Crippen molar-refractivity contribution < 1.29 is 4.74 Å². The van der Waals surface area contributed by atoms with Crippen molar-refractivity contribution in [2.75, 3.05) is 0 Å². The Bertz CT molecular complexity index is 460. The monoisotopic (exact) mass is 303 g/mol. The first-order valence-electron chi connectivity index (χ1n) is 4.23. The van der Waals surface area contributed by atoms with Crippen molar-refractivity contribution in [1.29, 1.82) is 0 Å². The van der Waals surface area contributed by atoms with E-state index in [4.69, 9.17) is 16.3 Å². The zero-order valence-corrected chi connectivity index (χ0v) is 10.8. The van der Waals surface area contributed by atoms with Crippen molar-refractivity contribution in [1.82, 2.24) is 4.98 Å². The van der Waals surface area contributed by atoms with E-state index in [1.807, 2.05) is 24.3 Å². The van der Waals surface area contributed by atoms with Gasteiger partial charge in [-0.05, 0) is 40.2 Å². The zero-order valence-electron chi connectivity index (χ0n) is 7.61. The standard InChI is InChI=1S/C10H7BrClNOS/c11-10-8(2-1-5-13-10)14-6-7-3-4-9(12)15-7/h1-5H,6H2. The number of nitrogens with zero attached hydrogens (tertiary/aromatic N) is 1. The number of aromatic nitrogens is 1. The highest BCUT2D eigenvalue weighted by Crippen LogP contribution is 2.25. The van der Waals surface area contributed by atoms with Gasteiger partial charge in [-0.2, -0.15) is 0 Å². The number of rotatable bonds is 3. The highest BCUT2D eigenvalue weighted by molar-refractivity contribution is 9.10. The van der Waals surface area contributed by atoms with Gasteiger partial charge in [0.25, 0.3) is 0 Å². The zero-order chi connectivity index (χ0) is 10.7. The lowest BCUT2D eigenvalue weighted by Gasteiger charge is -2.04. The van der Waals surface area contributed by atoms with Gasteiger partial charge in [0.1, 0.15) is 11.2 Å². The molecule has 2 heterocycles. The molecule has 5 heteroatoms. The lowest BCUT2D eigenvalue weighted by Crippen LogP contribution is -1.94. The number of hydrogen-bond donors (Lipinski definition) is 0. The van der Waals surface area contributed by atoms with Crippen molar-refractivity contribution in [2.24, 2.45) is 0 Å². The molecule has 0 bridgehead atoms. The Kier molecular flexibility index (Phi) is 3.61. The van der Waals surface area contributed by atoms with Gasteiger partial charge < -0.3 is 4.74 Å². The second kappa shape index (κ2) is 4.96. The van der Waals surface area contributed by atoms with Gasteiger partial charge in [-0.3, -0.25) is 0 Å². The van der Waals surface area contributed by atoms with E-state index in [2.05, 4.69) is 20.9 Å². The maximum absolute atomic E-state index is 5.81. The van der Waals surface area contributed by atoms with Crippen LogP contribution < -0.4 is 4.74 Å². The van der Waals surface area contributed by atoms with Crippen LogP contribution in [0.3, 0.4) is 0 Å². The van der Waals surface area contributed by atoms with E-state index in [1.165, 1.54) is 11.3 Å². The molecule has 0 aliphatic carbocycles. The number of halogens is 2. The summed E-state index contributed by atoms with van der Waals surface area (Å²) in [5.74, 6) is 0.738. The van der Waals surface area contributed by atoms with Crippen LogP contribution in [0.4, 0.5) is 0 Å². The van der Waals surface area contributed by atoms with Crippen LogP contribution in [-0.2, 0) is 6.61 Å². The predicted molar refractivity (Wildman–Crippen MR) is 65.6 cm³/mol. The summed E-state index contributed by atoms with van der Waals surface area (Å²) in [6.07, 6.45) is 1.71. The molecule has 0 N–H and O–H groups in total. The van der Waals surface area contributed by atoms with E-state index >= 15 is 0 Å². The van der Waals surface area contributed by atoms with Crippen LogP contribution in [0, 0.1) is 0 Å². The fourth-order valence-electron chi connectivity index (χ4n) is 1.06. The average Bonchev–Trinajstić information content (AvgIpc) is 2.63. The van der Waals surface area contributed by atoms with Crippen molar-refractivity contribution in [3.63, 3.8) is 0 Å². The Morgan fingerprint density at radius 3 is 2.93 bits per heavy atom. The van der Waals surface area contributed by atoms with Crippen LogP contribution in [0.15, 0.2) is 35.1 Å². The first-order chi connectivity index (χ1) is 7.25. The Labute approximate surface area is 105 Å². The summed E-state index contributed by atoms with van der Waals surface area (Å²) in [7, 11) is 0. The Balaban J connectivity index is 2.02. The SMILES string of the molecule is Clc1ccc(COc2cccnc2Br)s1. The van der Waals surface area contributed by atoms with Gasteiger partial charge in [-0.25, -0.2) is 4.98 Å². The smallest absolute Gasteiger partial charge is 0.152 e. The second-order valence-electron chi connectivity index (χ2n) is 2.79. The van der Waals surface area contributed by atoms with Gasteiger partial charge in [0.05, 0.1) is 4.34 Å². The fraction of sp³-hybridized carbons (Fsp3) is 0.100. The maximum Gasteiger partial charge on any atom is 0.152 e. The summed E-state index contributed by atoms with van der Waals surface area (Å²) in [6.45, 7) is 0.516. The second-order valence-corrected chi connectivity index (χ2v) is 5.34. The quantitative estimate of drug-likeness (QED) is 0.795. The molecule has 0 atom stereocenters. The van der Waals surface area contributed by atoms with Crippen molar-refractivity contribution >= 4 is 38.9 Å². The molecule has 2 aromatic rings. The highest BCUT2D eigenvalue weighted by atomic mass is 79.9. The predicted octanol–water partition coefficient (Wildman–Crippen LogP) is 4.14. The van der Waals surface area contributed by atoms with Gasteiger partial charge in [-0.1, -0.05) is 11.6 Å². The number of pyridine rings is 1. The Morgan fingerprint density at radius 1 is 1.40 bits per heavy atom. The summed E-state index contributed by atoms with van der Waals surface area (Å²) in [4.78, 5) is 5.16. The Morgan fingerprint density at radius 2 is 2.27 bits per heavy atom. The maximum atomic E-state index is 5.81. The molecule has 0 aromatic carbocycles.